The topological polar surface area (TPSA) is 107 Å². The number of ether oxygens (including phenoxy) is 1. The van der Waals surface area contributed by atoms with Crippen LogP contribution in [0.15, 0.2) is 42.9 Å². The predicted octanol–water partition coefficient (Wildman–Crippen LogP) is 3.78. The molecule has 1 aliphatic heterocycles. The van der Waals surface area contributed by atoms with Crippen LogP contribution >= 0.6 is 0 Å². The number of rotatable bonds is 4. The summed E-state index contributed by atoms with van der Waals surface area (Å²) in [5, 5.41) is 8.16. The molecule has 2 aliphatic rings. The van der Waals surface area contributed by atoms with Gasteiger partial charge in [0.1, 0.15) is 12.1 Å². The lowest BCUT2D eigenvalue weighted by Gasteiger charge is -2.11. The molecule has 1 fully saturated rings. The van der Waals surface area contributed by atoms with Crippen molar-refractivity contribution in [2.24, 2.45) is 7.05 Å². The molecule has 1 saturated carbocycles. The molecule has 1 aromatic carbocycles. The number of nitrogens with one attached hydrogen (secondary N) is 1. The monoisotopic (exact) mass is 457 g/mol. The van der Waals surface area contributed by atoms with E-state index in [0.717, 1.165) is 27.9 Å². The first-order valence-corrected chi connectivity index (χ1v) is 11.2. The second kappa shape index (κ2) is 7.68. The molecule has 4 heterocycles. The molecule has 6 rings (SSSR count). The number of nitrogens with zero attached hydrogens (tertiary/aromatic N) is 6. The highest BCUT2D eigenvalue weighted by molar-refractivity contribution is 5.98. The molecular weight excluding hydrogens is 434 g/mol. The Hall–Kier alpha value is -4.21. The molecule has 1 N–H and O–H groups in total. The van der Waals surface area contributed by atoms with Gasteiger partial charge in [0.2, 0.25) is 11.8 Å². The predicted molar refractivity (Wildman–Crippen MR) is 124 cm³/mol. The van der Waals surface area contributed by atoms with Crippen LogP contribution in [0.25, 0.3) is 10.9 Å². The van der Waals surface area contributed by atoms with Gasteiger partial charge in [-0.05, 0) is 37.1 Å². The number of carbonyl (C=O) groups excluding carboxylic acids is 2. The molecule has 34 heavy (non-hydrogen) atoms. The Morgan fingerprint density at radius 3 is 2.76 bits per heavy atom. The molecule has 1 aliphatic carbocycles. The Balaban J connectivity index is 1.22. The van der Waals surface area contributed by atoms with Crippen molar-refractivity contribution in [1.82, 2.24) is 29.2 Å². The van der Waals surface area contributed by atoms with Crippen molar-refractivity contribution in [2.75, 3.05) is 5.32 Å². The molecule has 0 atom stereocenters. The minimum absolute atomic E-state index is 0.0144. The quantitative estimate of drug-likeness (QED) is 0.500. The smallest absolute Gasteiger partial charge is 0.331 e. The van der Waals surface area contributed by atoms with Gasteiger partial charge in [-0.15, -0.1) is 0 Å². The normalized spacial score (nSPS) is 14.9. The minimum atomic E-state index is -0.276. The summed E-state index contributed by atoms with van der Waals surface area (Å²) in [5.41, 5.74) is 3.51. The molecule has 10 nitrogen and oxygen atoms in total. The van der Waals surface area contributed by atoms with E-state index in [4.69, 9.17) is 4.74 Å². The number of benzene rings is 1. The zero-order valence-electron chi connectivity index (χ0n) is 18.9. The Bertz CT molecular complexity index is 1450. The van der Waals surface area contributed by atoms with Crippen LogP contribution in [0.3, 0.4) is 0 Å². The lowest BCUT2D eigenvalue weighted by molar-refractivity contribution is -0.129. The zero-order valence-corrected chi connectivity index (χ0v) is 18.9. The van der Waals surface area contributed by atoms with E-state index in [1.54, 1.807) is 21.7 Å². The molecule has 0 bridgehead atoms. The van der Waals surface area contributed by atoms with E-state index in [0.29, 0.717) is 36.5 Å². The van der Waals surface area contributed by atoms with Crippen molar-refractivity contribution < 1.29 is 14.3 Å². The van der Waals surface area contributed by atoms with Crippen molar-refractivity contribution in [2.45, 2.75) is 38.8 Å². The minimum Gasteiger partial charge on any atom is -0.439 e. The van der Waals surface area contributed by atoms with E-state index in [1.165, 1.54) is 26.1 Å². The Labute approximate surface area is 195 Å². The van der Waals surface area contributed by atoms with E-state index in [-0.39, 0.29) is 11.9 Å². The summed E-state index contributed by atoms with van der Waals surface area (Å²) in [6.07, 6.45) is 5.52. The maximum Gasteiger partial charge on any atom is 0.331 e. The fourth-order valence-corrected chi connectivity index (χ4v) is 4.41. The first kappa shape index (κ1) is 20.4. The molecule has 2 amide bonds. The second-order valence-electron chi connectivity index (χ2n) is 8.77. The van der Waals surface area contributed by atoms with Crippen molar-refractivity contribution >= 4 is 28.7 Å². The number of aryl methyl sites for hydroxylation is 1. The average Bonchev–Trinajstić information content (AvgIpc) is 3.24. The molecule has 172 valence electrons. The van der Waals surface area contributed by atoms with Crippen molar-refractivity contribution in [1.29, 1.82) is 0 Å². The molecule has 0 spiro atoms. The van der Waals surface area contributed by atoms with E-state index < -0.39 is 0 Å². The summed E-state index contributed by atoms with van der Waals surface area (Å²) in [6, 6.07) is 9.02. The summed E-state index contributed by atoms with van der Waals surface area (Å²) >= 11 is 0. The standard InChI is InChI=1S/C24H23N7O3/c1-14(32)30-11-18-19(12-30)25-13-26-23(18)34-17-5-6-20-16(9-17)7-8-31(20)24(33)27-22-10-21(15-3-4-15)29(2)28-22/h5-10,13,15H,3-4,11-12H2,1-2H3,(H,27,28,33). The fraction of sp³-hybridized carbons (Fsp3) is 0.292. The number of hydrogen-bond acceptors (Lipinski definition) is 6. The van der Waals surface area contributed by atoms with E-state index in [2.05, 4.69) is 20.4 Å². The van der Waals surface area contributed by atoms with Crippen LogP contribution in [0.2, 0.25) is 0 Å². The first-order chi connectivity index (χ1) is 16.5. The molecule has 4 aromatic rings. The number of carbonyl (C=O) groups is 2. The average molecular weight is 457 g/mol. The molecule has 10 heteroatoms. The maximum absolute atomic E-state index is 12.9. The zero-order chi connectivity index (χ0) is 23.4. The number of aromatic nitrogens is 5. The lowest BCUT2D eigenvalue weighted by Crippen LogP contribution is -2.21. The number of amides is 2. The van der Waals surface area contributed by atoms with Gasteiger partial charge >= 0.3 is 6.03 Å². The summed E-state index contributed by atoms with van der Waals surface area (Å²) in [7, 11) is 1.90. The van der Waals surface area contributed by atoms with Gasteiger partial charge in [0, 0.05) is 43.2 Å². The van der Waals surface area contributed by atoms with Gasteiger partial charge in [-0.3, -0.25) is 19.4 Å². The SMILES string of the molecule is CC(=O)N1Cc2ncnc(Oc3ccc4c(ccn4C(=O)Nc4cc(C5CC5)n(C)n4)c3)c2C1. The first-order valence-electron chi connectivity index (χ1n) is 11.2. The van der Waals surface area contributed by atoms with Crippen LogP contribution in [0.5, 0.6) is 11.6 Å². The molecule has 3 aromatic heterocycles. The van der Waals surface area contributed by atoms with Crippen molar-refractivity contribution in [3.63, 3.8) is 0 Å². The van der Waals surface area contributed by atoms with Gasteiger partial charge in [0.05, 0.1) is 29.9 Å². The van der Waals surface area contributed by atoms with Gasteiger partial charge in [0.25, 0.3) is 0 Å². The molecule has 0 unspecified atom stereocenters. The van der Waals surface area contributed by atoms with Gasteiger partial charge in [0.15, 0.2) is 5.82 Å². The molecule has 0 radical (unpaired) electrons. The Morgan fingerprint density at radius 1 is 1.12 bits per heavy atom. The van der Waals surface area contributed by atoms with Crippen molar-refractivity contribution in [3.8, 4) is 11.6 Å². The van der Waals surface area contributed by atoms with Gasteiger partial charge < -0.3 is 9.64 Å². The third-order valence-corrected chi connectivity index (χ3v) is 6.37. The van der Waals surface area contributed by atoms with Crippen LogP contribution in [-0.2, 0) is 24.9 Å². The van der Waals surface area contributed by atoms with Gasteiger partial charge in [-0.1, -0.05) is 0 Å². The van der Waals surface area contributed by atoms with Gasteiger partial charge in [-0.25, -0.2) is 14.8 Å². The van der Waals surface area contributed by atoms with E-state index >= 15 is 0 Å². The Kier molecular flexibility index (Phi) is 4.61. The second-order valence-corrected chi connectivity index (χ2v) is 8.77. The highest BCUT2D eigenvalue weighted by Crippen LogP contribution is 2.40. The number of anilines is 1. The number of fused-ring (bicyclic) bond motifs is 2. The van der Waals surface area contributed by atoms with Crippen LogP contribution in [0.1, 0.15) is 42.6 Å². The van der Waals surface area contributed by atoms with Crippen molar-refractivity contribution in [3.05, 3.63) is 59.8 Å². The summed E-state index contributed by atoms with van der Waals surface area (Å²) in [4.78, 5) is 34.9. The largest absolute Gasteiger partial charge is 0.439 e. The lowest BCUT2D eigenvalue weighted by atomic mass is 10.2. The van der Waals surface area contributed by atoms with E-state index in [9.17, 15) is 9.59 Å². The van der Waals surface area contributed by atoms with Crippen LogP contribution in [0, 0.1) is 0 Å². The Morgan fingerprint density at radius 2 is 1.97 bits per heavy atom. The third-order valence-electron chi connectivity index (χ3n) is 6.37. The van der Waals surface area contributed by atoms with E-state index in [1.807, 2.05) is 36.0 Å². The molecule has 0 saturated heterocycles. The van der Waals surface area contributed by atoms with Crippen LogP contribution < -0.4 is 10.1 Å². The van der Waals surface area contributed by atoms with Crippen LogP contribution in [-0.4, -0.2) is 41.2 Å². The highest BCUT2D eigenvalue weighted by atomic mass is 16.5. The summed E-state index contributed by atoms with van der Waals surface area (Å²) < 4.78 is 9.45. The van der Waals surface area contributed by atoms with Crippen LogP contribution in [0.4, 0.5) is 10.6 Å². The summed E-state index contributed by atoms with van der Waals surface area (Å²) in [5.74, 6) is 2.11. The third kappa shape index (κ3) is 3.57. The maximum atomic E-state index is 12.9. The summed E-state index contributed by atoms with van der Waals surface area (Å²) in [6.45, 7) is 2.42. The highest BCUT2D eigenvalue weighted by Gasteiger charge is 2.28. The van der Waals surface area contributed by atoms with Gasteiger partial charge in [-0.2, -0.15) is 5.10 Å². The molecular formula is C24H23N7O3. The fourth-order valence-electron chi connectivity index (χ4n) is 4.41. The number of hydrogen-bond donors (Lipinski definition) is 1.